The zero-order valence-electron chi connectivity index (χ0n) is 21.1. The Labute approximate surface area is 215 Å². The van der Waals surface area contributed by atoms with Gasteiger partial charge in [0.25, 0.3) is 5.91 Å². The summed E-state index contributed by atoms with van der Waals surface area (Å²) in [5, 5.41) is 2.69. The number of hydrogen-bond donors (Lipinski definition) is 1. The summed E-state index contributed by atoms with van der Waals surface area (Å²) in [5.74, 6) is -0.230. The molecule has 11 heteroatoms. The molecule has 0 saturated carbocycles. The molecule has 10 nitrogen and oxygen atoms in total. The van der Waals surface area contributed by atoms with Crippen LogP contribution in [0, 0.1) is 0 Å². The minimum Gasteiger partial charge on any atom is -0.496 e. The number of benzene rings is 3. The van der Waals surface area contributed by atoms with Crippen molar-refractivity contribution in [3.8, 4) is 17.2 Å². The Bertz CT molecular complexity index is 1390. The van der Waals surface area contributed by atoms with Crippen LogP contribution >= 0.6 is 0 Å². The van der Waals surface area contributed by atoms with Gasteiger partial charge < -0.3 is 24.3 Å². The average Bonchev–Trinajstić information content (AvgIpc) is 2.92. The lowest BCUT2D eigenvalue weighted by Gasteiger charge is -2.19. The van der Waals surface area contributed by atoms with Crippen molar-refractivity contribution in [2.24, 2.45) is 0 Å². The second-order valence-electron chi connectivity index (χ2n) is 7.80. The van der Waals surface area contributed by atoms with E-state index in [1.807, 2.05) is 0 Å². The lowest BCUT2D eigenvalue weighted by atomic mass is 10.1. The lowest BCUT2D eigenvalue weighted by Crippen LogP contribution is -2.27. The molecule has 0 radical (unpaired) electrons. The first-order valence-corrected chi connectivity index (χ1v) is 12.4. The molecule has 0 aromatic heterocycles. The van der Waals surface area contributed by atoms with Crippen molar-refractivity contribution in [1.82, 2.24) is 4.31 Å². The third-order valence-electron chi connectivity index (χ3n) is 5.56. The summed E-state index contributed by atoms with van der Waals surface area (Å²) < 4.78 is 47.9. The zero-order chi connectivity index (χ0) is 27.2. The van der Waals surface area contributed by atoms with E-state index in [0.29, 0.717) is 17.1 Å². The van der Waals surface area contributed by atoms with Gasteiger partial charge in [-0.2, -0.15) is 4.31 Å². The molecule has 0 atom stereocenters. The largest absolute Gasteiger partial charge is 0.496 e. The van der Waals surface area contributed by atoms with Crippen LogP contribution in [0.5, 0.6) is 17.2 Å². The molecule has 0 aliphatic rings. The highest BCUT2D eigenvalue weighted by molar-refractivity contribution is 7.89. The maximum absolute atomic E-state index is 13.2. The normalized spacial score (nSPS) is 11.1. The van der Waals surface area contributed by atoms with E-state index in [4.69, 9.17) is 18.9 Å². The Hall–Kier alpha value is -4.09. The Balaban J connectivity index is 1.93. The molecule has 0 bridgehead atoms. The molecule has 0 aliphatic carbocycles. The van der Waals surface area contributed by atoms with E-state index in [1.165, 1.54) is 76.2 Å². The molecular formula is C26H28N2O8S. The van der Waals surface area contributed by atoms with E-state index >= 15 is 0 Å². The first-order valence-electron chi connectivity index (χ1n) is 11.0. The highest BCUT2D eigenvalue weighted by Crippen LogP contribution is 2.34. The van der Waals surface area contributed by atoms with Crippen molar-refractivity contribution in [3.05, 3.63) is 77.4 Å². The predicted molar refractivity (Wildman–Crippen MR) is 137 cm³/mol. The Kier molecular flexibility index (Phi) is 8.74. The number of esters is 1. The smallest absolute Gasteiger partial charge is 0.340 e. The van der Waals surface area contributed by atoms with Crippen molar-refractivity contribution in [1.29, 1.82) is 0 Å². The summed E-state index contributed by atoms with van der Waals surface area (Å²) in [6.07, 6.45) is 0. The fraction of sp³-hybridized carbons (Fsp3) is 0.231. The summed E-state index contributed by atoms with van der Waals surface area (Å²) in [7, 11) is 3.20. The van der Waals surface area contributed by atoms with Crippen LogP contribution in [-0.4, -0.2) is 60.1 Å². The van der Waals surface area contributed by atoms with Gasteiger partial charge in [0, 0.05) is 36.9 Å². The summed E-state index contributed by atoms with van der Waals surface area (Å²) in [6, 6.07) is 15.5. The lowest BCUT2D eigenvalue weighted by molar-refractivity contribution is 0.0601. The predicted octanol–water partition coefficient (Wildman–Crippen LogP) is 3.57. The number of ether oxygens (including phenoxy) is 4. The molecule has 3 aromatic carbocycles. The van der Waals surface area contributed by atoms with E-state index in [1.54, 1.807) is 24.3 Å². The number of rotatable bonds is 10. The molecule has 1 N–H and O–H groups in total. The molecular weight excluding hydrogens is 500 g/mol. The standard InChI is InChI=1S/C26H28N2O8S/c1-28(37(31,32)19-9-7-6-8-10-19)16-18-13-17(11-12-22(18)33-2)25(29)27-21-15-24(35-4)23(34-3)14-20(21)26(30)36-5/h6-15H,16H2,1-5H3,(H,27,29). The Morgan fingerprint density at radius 2 is 1.46 bits per heavy atom. The van der Waals surface area contributed by atoms with Gasteiger partial charge >= 0.3 is 5.97 Å². The van der Waals surface area contributed by atoms with E-state index in [-0.39, 0.29) is 34.0 Å². The van der Waals surface area contributed by atoms with E-state index in [9.17, 15) is 18.0 Å². The number of amides is 1. The Morgan fingerprint density at radius 3 is 2.05 bits per heavy atom. The topological polar surface area (TPSA) is 120 Å². The van der Waals surface area contributed by atoms with Crippen molar-refractivity contribution >= 4 is 27.6 Å². The van der Waals surface area contributed by atoms with Gasteiger partial charge in [-0.25, -0.2) is 13.2 Å². The molecule has 1 amide bonds. The van der Waals surface area contributed by atoms with E-state index in [2.05, 4.69) is 5.32 Å². The molecule has 37 heavy (non-hydrogen) atoms. The summed E-state index contributed by atoms with van der Waals surface area (Å²) in [6.45, 7) is -0.0503. The highest BCUT2D eigenvalue weighted by Gasteiger charge is 2.23. The number of carbonyl (C=O) groups is 2. The summed E-state index contributed by atoms with van der Waals surface area (Å²) in [5.41, 5.74) is 0.899. The number of sulfonamides is 1. The van der Waals surface area contributed by atoms with Crippen LogP contribution in [0.4, 0.5) is 5.69 Å². The van der Waals surface area contributed by atoms with Gasteiger partial charge in [0.15, 0.2) is 11.5 Å². The molecule has 0 heterocycles. The van der Waals surface area contributed by atoms with Gasteiger partial charge in [0.1, 0.15) is 5.75 Å². The quantitative estimate of drug-likeness (QED) is 0.397. The second-order valence-corrected chi connectivity index (χ2v) is 9.84. The second kappa shape index (κ2) is 11.8. The van der Waals surface area contributed by atoms with Crippen molar-refractivity contribution in [3.63, 3.8) is 0 Å². The minimum absolute atomic E-state index is 0.0503. The van der Waals surface area contributed by atoms with Crippen molar-refractivity contribution in [2.75, 3.05) is 40.8 Å². The summed E-state index contributed by atoms with van der Waals surface area (Å²) >= 11 is 0. The number of nitrogens with zero attached hydrogens (tertiary/aromatic N) is 1. The van der Waals surface area contributed by atoms with Crippen LogP contribution in [0.2, 0.25) is 0 Å². The fourth-order valence-electron chi connectivity index (χ4n) is 3.60. The molecule has 0 unspecified atom stereocenters. The van der Waals surface area contributed by atoms with Crippen LogP contribution in [0.15, 0.2) is 65.6 Å². The first-order chi connectivity index (χ1) is 17.7. The number of nitrogens with one attached hydrogen (secondary N) is 1. The minimum atomic E-state index is -3.78. The monoisotopic (exact) mass is 528 g/mol. The first kappa shape index (κ1) is 27.5. The number of hydrogen-bond acceptors (Lipinski definition) is 8. The molecule has 0 spiro atoms. The molecule has 0 fully saturated rings. The van der Waals surface area contributed by atoms with Gasteiger partial charge in [-0.1, -0.05) is 18.2 Å². The maximum Gasteiger partial charge on any atom is 0.340 e. The van der Waals surface area contributed by atoms with Crippen LogP contribution < -0.4 is 19.5 Å². The van der Waals surface area contributed by atoms with Crippen LogP contribution in [0.1, 0.15) is 26.3 Å². The molecule has 3 rings (SSSR count). The van der Waals surface area contributed by atoms with E-state index in [0.717, 1.165) is 0 Å². The number of anilines is 1. The fourth-order valence-corrected chi connectivity index (χ4v) is 4.77. The van der Waals surface area contributed by atoms with Crippen LogP contribution in [0.25, 0.3) is 0 Å². The third kappa shape index (κ3) is 6.01. The molecule has 0 aliphatic heterocycles. The maximum atomic E-state index is 13.2. The van der Waals surface area contributed by atoms with Gasteiger partial charge in [0.2, 0.25) is 10.0 Å². The number of methoxy groups -OCH3 is 4. The van der Waals surface area contributed by atoms with Crippen molar-refractivity contribution < 1.29 is 37.0 Å². The van der Waals surface area contributed by atoms with Gasteiger partial charge in [0.05, 0.1) is 44.6 Å². The third-order valence-corrected chi connectivity index (χ3v) is 7.38. The van der Waals surface area contributed by atoms with Gasteiger partial charge in [-0.15, -0.1) is 0 Å². The highest BCUT2D eigenvalue weighted by atomic mass is 32.2. The summed E-state index contributed by atoms with van der Waals surface area (Å²) in [4.78, 5) is 25.7. The molecule has 196 valence electrons. The van der Waals surface area contributed by atoms with Gasteiger partial charge in [-0.3, -0.25) is 4.79 Å². The van der Waals surface area contributed by atoms with Crippen LogP contribution in [0.3, 0.4) is 0 Å². The molecule has 0 saturated heterocycles. The van der Waals surface area contributed by atoms with Crippen molar-refractivity contribution in [2.45, 2.75) is 11.4 Å². The SMILES string of the molecule is COC(=O)c1cc(OC)c(OC)cc1NC(=O)c1ccc(OC)c(CN(C)S(=O)(=O)c2ccccc2)c1. The average molecular weight is 529 g/mol. The van der Waals surface area contributed by atoms with Crippen LogP contribution in [-0.2, 0) is 21.3 Å². The molecule has 3 aromatic rings. The number of carbonyl (C=O) groups excluding carboxylic acids is 2. The van der Waals surface area contributed by atoms with Gasteiger partial charge in [-0.05, 0) is 30.3 Å². The van der Waals surface area contributed by atoms with E-state index < -0.39 is 21.9 Å². The zero-order valence-corrected chi connectivity index (χ0v) is 21.9. The Morgan fingerprint density at radius 1 is 0.838 bits per heavy atom.